The Bertz CT molecular complexity index is 526. The van der Waals surface area contributed by atoms with Gasteiger partial charge in [-0.2, -0.15) is 0 Å². The number of nitrogens with zero attached hydrogens (tertiary/aromatic N) is 1. The summed E-state index contributed by atoms with van der Waals surface area (Å²) in [6, 6.07) is 7.60. The summed E-state index contributed by atoms with van der Waals surface area (Å²) < 4.78 is 5.40. The highest BCUT2D eigenvalue weighted by molar-refractivity contribution is 5.82. The molecule has 5 nitrogen and oxygen atoms in total. The zero-order valence-corrected chi connectivity index (χ0v) is 14.1. The van der Waals surface area contributed by atoms with Crippen LogP contribution in [-0.4, -0.2) is 33.2 Å². The van der Waals surface area contributed by atoms with Crippen LogP contribution in [-0.2, 0) is 9.53 Å². The second-order valence-electron chi connectivity index (χ2n) is 7.17. The first-order chi connectivity index (χ1) is 9.93. The number of ether oxygens (including phenoxy) is 1. The van der Waals surface area contributed by atoms with E-state index in [1.165, 1.54) is 4.90 Å². The van der Waals surface area contributed by atoms with Crippen molar-refractivity contribution < 1.29 is 19.4 Å². The second kappa shape index (κ2) is 6.38. The Hall–Kier alpha value is -2.04. The van der Waals surface area contributed by atoms with E-state index in [0.717, 1.165) is 0 Å². The molecule has 0 fully saturated rings. The van der Waals surface area contributed by atoms with Gasteiger partial charge in [-0.15, -0.1) is 0 Å². The summed E-state index contributed by atoms with van der Waals surface area (Å²) in [7, 11) is 0. The highest BCUT2D eigenvalue weighted by Gasteiger charge is 2.40. The summed E-state index contributed by atoms with van der Waals surface area (Å²) in [6.07, 6.45) is -0.642. The Kier molecular flexibility index (Phi) is 5.22. The molecule has 0 spiro atoms. The van der Waals surface area contributed by atoms with Gasteiger partial charge in [-0.3, -0.25) is 4.90 Å². The standard InChI is InChI=1S/C17H25NO4/c1-16(2,3)18(15(21)22-17(4,5)6)13(14(19)20)12-10-8-7-9-11-12/h7-11,13H,1-6H3,(H,19,20). The Labute approximate surface area is 131 Å². The summed E-state index contributed by atoms with van der Waals surface area (Å²) in [5.74, 6) is -1.09. The van der Waals surface area contributed by atoms with E-state index >= 15 is 0 Å². The number of carboxylic acid groups (broad SMARTS) is 1. The molecule has 1 amide bonds. The predicted molar refractivity (Wildman–Crippen MR) is 84.6 cm³/mol. The molecule has 0 aliphatic carbocycles. The Morgan fingerprint density at radius 3 is 1.91 bits per heavy atom. The van der Waals surface area contributed by atoms with Crippen LogP contribution in [0.5, 0.6) is 0 Å². The molecule has 122 valence electrons. The van der Waals surface area contributed by atoms with Crippen molar-refractivity contribution in [2.75, 3.05) is 0 Å². The van der Waals surface area contributed by atoms with Gasteiger partial charge in [-0.1, -0.05) is 30.3 Å². The number of amides is 1. The molecule has 1 aromatic rings. The van der Waals surface area contributed by atoms with Crippen LogP contribution < -0.4 is 0 Å². The molecule has 1 atom stereocenters. The van der Waals surface area contributed by atoms with Crippen LogP contribution in [0.3, 0.4) is 0 Å². The van der Waals surface area contributed by atoms with Gasteiger partial charge in [0.2, 0.25) is 0 Å². The van der Waals surface area contributed by atoms with Crippen molar-refractivity contribution >= 4 is 12.1 Å². The van der Waals surface area contributed by atoms with Crippen molar-refractivity contribution in [2.24, 2.45) is 0 Å². The lowest BCUT2D eigenvalue weighted by Gasteiger charge is -2.40. The predicted octanol–water partition coefficient (Wildman–Crippen LogP) is 3.85. The number of aliphatic carboxylic acids is 1. The van der Waals surface area contributed by atoms with E-state index in [9.17, 15) is 14.7 Å². The Morgan fingerprint density at radius 1 is 1.05 bits per heavy atom. The van der Waals surface area contributed by atoms with Gasteiger partial charge in [0.15, 0.2) is 6.04 Å². The van der Waals surface area contributed by atoms with Gasteiger partial charge in [0.05, 0.1) is 0 Å². The number of carbonyl (C=O) groups excluding carboxylic acids is 1. The van der Waals surface area contributed by atoms with Gasteiger partial charge in [-0.05, 0) is 47.1 Å². The maximum Gasteiger partial charge on any atom is 0.411 e. The molecular formula is C17H25NO4. The van der Waals surface area contributed by atoms with Crippen LogP contribution in [0.15, 0.2) is 30.3 Å². The SMILES string of the molecule is CC(C)(C)OC(=O)N(C(C(=O)O)c1ccccc1)C(C)(C)C. The molecular weight excluding hydrogens is 282 g/mol. The molecule has 1 aromatic carbocycles. The summed E-state index contributed by atoms with van der Waals surface area (Å²) in [5.41, 5.74) is -0.863. The molecule has 0 aromatic heterocycles. The highest BCUT2D eigenvalue weighted by atomic mass is 16.6. The smallest absolute Gasteiger partial charge is 0.411 e. The summed E-state index contributed by atoms with van der Waals surface area (Å²) in [4.78, 5) is 25.6. The van der Waals surface area contributed by atoms with Gasteiger partial charge in [0.1, 0.15) is 5.60 Å². The number of hydrogen-bond donors (Lipinski definition) is 1. The van der Waals surface area contributed by atoms with Crippen LogP contribution in [0, 0.1) is 0 Å². The third-order valence-corrected chi connectivity index (χ3v) is 2.92. The van der Waals surface area contributed by atoms with E-state index in [-0.39, 0.29) is 0 Å². The molecule has 22 heavy (non-hydrogen) atoms. The lowest BCUT2D eigenvalue weighted by atomic mass is 9.98. The maximum atomic E-state index is 12.6. The van der Waals surface area contributed by atoms with Crippen LogP contribution in [0.1, 0.15) is 53.1 Å². The molecule has 5 heteroatoms. The van der Waals surface area contributed by atoms with E-state index in [1.54, 1.807) is 71.9 Å². The quantitative estimate of drug-likeness (QED) is 0.921. The number of carboxylic acids is 1. The summed E-state index contributed by atoms with van der Waals surface area (Å²) >= 11 is 0. The average Bonchev–Trinajstić information content (AvgIpc) is 2.32. The minimum absolute atomic E-state index is 0.538. The van der Waals surface area contributed by atoms with Gasteiger partial charge >= 0.3 is 12.1 Å². The lowest BCUT2D eigenvalue weighted by molar-refractivity contribution is -0.145. The first kappa shape index (κ1) is 18.0. The molecule has 0 bridgehead atoms. The fraction of sp³-hybridized carbons (Fsp3) is 0.529. The number of carbonyl (C=O) groups is 2. The molecule has 0 aliphatic heterocycles. The average molecular weight is 307 g/mol. The van der Waals surface area contributed by atoms with Crippen molar-refractivity contribution in [2.45, 2.75) is 58.7 Å². The Balaban J connectivity index is 3.29. The molecule has 1 rings (SSSR count). The normalized spacial score (nSPS) is 13.4. The number of hydrogen-bond acceptors (Lipinski definition) is 3. The third-order valence-electron chi connectivity index (χ3n) is 2.92. The van der Waals surface area contributed by atoms with Gasteiger partial charge in [-0.25, -0.2) is 9.59 Å². The van der Waals surface area contributed by atoms with Gasteiger partial charge < -0.3 is 9.84 Å². The van der Waals surface area contributed by atoms with Crippen LogP contribution >= 0.6 is 0 Å². The first-order valence-electron chi connectivity index (χ1n) is 7.23. The van der Waals surface area contributed by atoms with E-state index in [4.69, 9.17) is 4.74 Å². The zero-order valence-electron chi connectivity index (χ0n) is 14.1. The van der Waals surface area contributed by atoms with Crippen molar-refractivity contribution in [3.63, 3.8) is 0 Å². The van der Waals surface area contributed by atoms with Crippen LogP contribution in [0.25, 0.3) is 0 Å². The minimum atomic E-state index is -1.10. The summed E-state index contributed by atoms with van der Waals surface area (Å²) in [6.45, 7) is 10.6. The van der Waals surface area contributed by atoms with Gasteiger partial charge in [0, 0.05) is 5.54 Å². The van der Waals surface area contributed by atoms with Crippen molar-refractivity contribution in [3.05, 3.63) is 35.9 Å². The number of benzene rings is 1. The van der Waals surface area contributed by atoms with Gasteiger partial charge in [0.25, 0.3) is 0 Å². The second-order valence-corrected chi connectivity index (χ2v) is 7.17. The highest BCUT2D eigenvalue weighted by Crippen LogP contribution is 2.30. The molecule has 0 radical (unpaired) electrons. The van der Waals surface area contributed by atoms with Crippen molar-refractivity contribution in [3.8, 4) is 0 Å². The molecule has 0 saturated heterocycles. The van der Waals surface area contributed by atoms with Crippen molar-refractivity contribution in [1.82, 2.24) is 4.90 Å². The van der Waals surface area contributed by atoms with E-state index < -0.39 is 29.2 Å². The minimum Gasteiger partial charge on any atom is -0.479 e. The lowest BCUT2D eigenvalue weighted by Crippen LogP contribution is -2.51. The Morgan fingerprint density at radius 2 is 1.55 bits per heavy atom. The van der Waals surface area contributed by atoms with Crippen LogP contribution in [0.4, 0.5) is 4.79 Å². The molecule has 0 aliphatic rings. The molecule has 1 N–H and O–H groups in total. The molecule has 1 unspecified atom stereocenters. The van der Waals surface area contributed by atoms with E-state index in [1.807, 2.05) is 0 Å². The zero-order chi connectivity index (χ0) is 17.1. The van der Waals surface area contributed by atoms with E-state index in [2.05, 4.69) is 0 Å². The topological polar surface area (TPSA) is 66.8 Å². The maximum absolute atomic E-state index is 12.6. The third kappa shape index (κ3) is 4.76. The fourth-order valence-electron chi connectivity index (χ4n) is 2.12. The molecule has 0 heterocycles. The van der Waals surface area contributed by atoms with E-state index in [0.29, 0.717) is 5.56 Å². The fourth-order valence-corrected chi connectivity index (χ4v) is 2.12. The number of rotatable bonds is 3. The monoisotopic (exact) mass is 307 g/mol. The first-order valence-corrected chi connectivity index (χ1v) is 7.23. The largest absolute Gasteiger partial charge is 0.479 e. The molecule has 0 saturated carbocycles. The van der Waals surface area contributed by atoms with Crippen molar-refractivity contribution in [1.29, 1.82) is 0 Å². The van der Waals surface area contributed by atoms with Crippen LogP contribution in [0.2, 0.25) is 0 Å². The summed E-state index contributed by atoms with van der Waals surface area (Å²) in [5, 5.41) is 9.66.